The smallest absolute Gasteiger partial charge is 0.216 e. The molecule has 0 atom stereocenters. The lowest BCUT2D eigenvalue weighted by molar-refractivity contribution is 0.745. The highest BCUT2D eigenvalue weighted by atomic mass is 15.5. The van der Waals surface area contributed by atoms with Crippen LogP contribution in [0.5, 0.6) is 0 Å². The fourth-order valence-corrected chi connectivity index (χ4v) is 1.25. The molecule has 0 N–H and O–H groups in total. The van der Waals surface area contributed by atoms with Crippen LogP contribution in [0.1, 0.15) is 17.1 Å². The van der Waals surface area contributed by atoms with Gasteiger partial charge in [0.1, 0.15) is 0 Å². The van der Waals surface area contributed by atoms with Gasteiger partial charge in [0.15, 0.2) is 0 Å². The van der Waals surface area contributed by atoms with Gasteiger partial charge in [-0.05, 0) is 26.8 Å². The molecule has 0 radical (unpaired) electrons. The molecule has 0 spiro atoms. The summed E-state index contributed by atoms with van der Waals surface area (Å²) < 4.78 is 1.58. The lowest BCUT2D eigenvalue weighted by Gasteiger charge is -2.00. The Morgan fingerprint density at radius 2 is 1.64 bits per heavy atom. The molecular formula is C9H11N5. The normalized spacial score (nSPS) is 10.5. The number of aromatic nitrogens is 5. The van der Waals surface area contributed by atoms with Crippen molar-refractivity contribution in [1.29, 1.82) is 0 Å². The molecule has 0 aromatic carbocycles. The van der Waals surface area contributed by atoms with Gasteiger partial charge in [0, 0.05) is 11.4 Å². The zero-order valence-corrected chi connectivity index (χ0v) is 8.39. The Labute approximate surface area is 81.8 Å². The van der Waals surface area contributed by atoms with E-state index in [0.29, 0.717) is 5.95 Å². The number of rotatable bonds is 1. The molecule has 0 aliphatic rings. The first kappa shape index (κ1) is 8.80. The number of hydrogen-bond donors (Lipinski definition) is 0. The maximum absolute atomic E-state index is 4.27. The monoisotopic (exact) mass is 189 g/mol. The Balaban J connectivity index is 2.51. The van der Waals surface area contributed by atoms with Crippen LogP contribution >= 0.6 is 0 Å². The summed E-state index contributed by atoms with van der Waals surface area (Å²) in [5, 5.41) is 7.80. The topological polar surface area (TPSA) is 56.5 Å². The van der Waals surface area contributed by atoms with Crippen molar-refractivity contribution >= 4 is 0 Å². The standard InChI is InChI=1S/C9H11N5/c1-6-4-7(2)11-9(10-6)14-5-8(3)12-13-14/h4-5H,1-3H3. The molecule has 0 aliphatic heterocycles. The van der Waals surface area contributed by atoms with Crippen molar-refractivity contribution in [3.8, 4) is 5.95 Å². The highest BCUT2D eigenvalue weighted by Crippen LogP contribution is 2.03. The van der Waals surface area contributed by atoms with Crippen molar-refractivity contribution in [1.82, 2.24) is 25.0 Å². The maximum Gasteiger partial charge on any atom is 0.252 e. The van der Waals surface area contributed by atoms with Gasteiger partial charge in [0.25, 0.3) is 5.95 Å². The molecule has 0 amide bonds. The summed E-state index contributed by atoms with van der Waals surface area (Å²) in [6.07, 6.45) is 1.80. The van der Waals surface area contributed by atoms with E-state index in [1.165, 1.54) is 0 Å². The second kappa shape index (κ2) is 3.17. The Morgan fingerprint density at radius 3 is 2.14 bits per heavy atom. The molecule has 0 saturated heterocycles. The summed E-state index contributed by atoms with van der Waals surface area (Å²) in [6.45, 7) is 5.75. The number of nitrogens with zero attached hydrogens (tertiary/aromatic N) is 5. The molecule has 2 aromatic heterocycles. The van der Waals surface area contributed by atoms with E-state index in [1.807, 2.05) is 26.8 Å². The molecule has 0 bridgehead atoms. The van der Waals surface area contributed by atoms with Gasteiger partial charge in [0.2, 0.25) is 0 Å². The third-order valence-electron chi connectivity index (χ3n) is 1.78. The van der Waals surface area contributed by atoms with E-state index in [0.717, 1.165) is 17.1 Å². The summed E-state index contributed by atoms with van der Waals surface area (Å²) in [7, 11) is 0. The molecule has 5 heteroatoms. The van der Waals surface area contributed by atoms with Gasteiger partial charge in [-0.15, -0.1) is 5.10 Å². The minimum absolute atomic E-state index is 0.572. The molecule has 2 heterocycles. The minimum Gasteiger partial charge on any atom is -0.216 e. The fourth-order valence-electron chi connectivity index (χ4n) is 1.25. The van der Waals surface area contributed by atoms with Crippen LogP contribution in [0.15, 0.2) is 12.3 Å². The first-order valence-electron chi connectivity index (χ1n) is 4.37. The van der Waals surface area contributed by atoms with Crippen LogP contribution in [0.25, 0.3) is 5.95 Å². The molecule has 0 fully saturated rings. The summed E-state index contributed by atoms with van der Waals surface area (Å²) in [5.41, 5.74) is 2.72. The van der Waals surface area contributed by atoms with Gasteiger partial charge in [0.05, 0.1) is 11.9 Å². The van der Waals surface area contributed by atoms with Crippen molar-refractivity contribution in [3.63, 3.8) is 0 Å². The summed E-state index contributed by atoms with van der Waals surface area (Å²) in [6, 6.07) is 1.92. The van der Waals surface area contributed by atoms with Crippen LogP contribution in [0.4, 0.5) is 0 Å². The molecule has 2 aromatic rings. The van der Waals surface area contributed by atoms with E-state index in [-0.39, 0.29) is 0 Å². The van der Waals surface area contributed by atoms with Gasteiger partial charge in [-0.25, -0.2) is 9.97 Å². The van der Waals surface area contributed by atoms with Crippen LogP contribution in [0.2, 0.25) is 0 Å². The second-order valence-corrected chi connectivity index (χ2v) is 3.26. The van der Waals surface area contributed by atoms with Gasteiger partial charge in [-0.3, -0.25) is 0 Å². The lowest BCUT2D eigenvalue weighted by atomic mass is 10.4. The molecule has 14 heavy (non-hydrogen) atoms. The SMILES string of the molecule is Cc1cn(-c2nc(C)cc(C)n2)nn1. The van der Waals surface area contributed by atoms with E-state index < -0.39 is 0 Å². The van der Waals surface area contributed by atoms with Gasteiger partial charge < -0.3 is 0 Å². The zero-order valence-electron chi connectivity index (χ0n) is 8.39. The first-order chi connectivity index (χ1) is 6.65. The highest BCUT2D eigenvalue weighted by Gasteiger charge is 2.03. The Hall–Kier alpha value is -1.78. The van der Waals surface area contributed by atoms with Crippen molar-refractivity contribution in [2.24, 2.45) is 0 Å². The third kappa shape index (κ3) is 1.61. The van der Waals surface area contributed by atoms with Crippen molar-refractivity contribution < 1.29 is 0 Å². The first-order valence-corrected chi connectivity index (χ1v) is 4.37. The second-order valence-electron chi connectivity index (χ2n) is 3.26. The van der Waals surface area contributed by atoms with Crippen molar-refractivity contribution in [2.75, 3.05) is 0 Å². The van der Waals surface area contributed by atoms with Gasteiger partial charge in [-0.1, -0.05) is 5.21 Å². The predicted molar refractivity (Wildman–Crippen MR) is 51.2 cm³/mol. The van der Waals surface area contributed by atoms with Crippen LogP contribution in [-0.4, -0.2) is 25.0 Å². The largest absolute Gasteiger partial charge is 0.252 e. The lowest BCUT2D eigenvalue weighted by Crippen LogP contribution is -2.04. The maximum atomic E-state index is 4.27. The number of hydrogen-bond acceptors (Lipinski definition) is 4. The van der Waals surface area contributed by atoms with E-state index >= 15 is 0 Å². The van der Waals surface area contributed by atoms with E-state index in [9.17, 15) is 0 Å². The van der Waals surface area contributed by atoms with Crippen LogP contribution < -0.4 is 0 Å². The number of aryl methyl sites for hydroxylation is 3. The Kier molecular flexibility index (Phi) is 1.99. The third-order valence-corrected chi connectivity index (χ3v) is 1.78. The van der Waals surface area contributed by atoms with Crippen LogP contribution in [-0.2, 0) is 0 Å². The van der Waals surface area contributed by atoms with E-state index in [4.69, 9.17) is 0 Å². The average Bonchev–Trinajstić information content (AvgIpc) is 2.50. The Morgan fingerprint density at radius 1 is 1.00 bits per heavy atom. The van der Waals surface area contributed by atoms with Crippen LogP contribution in [0, 0.1) is 20.8 Å². The highest BCUT2D eigenvalue weighted by molar-refractivity contribution is 5.17. The Bertz CT molecular complexity index is 440. The zero-order chi connectivity index (χ0) is 10.1. The summed E-state index contributed by atoms with van der Waals surface area (Å²) >= 11 is 0. The van der Waals surface area contributed by atoms with E-state index in [2.05, 4.69) is 20.3 Å². The van der Waals surface area contributed by atoms with E-state index in [1.54, 1.807) is 10.9 Å². The summed E-state index contributed by atoms with van der Waals surface area (Å²) in [5.74, 6) is 0.572. The van der Waals surface area contributed by atoms with Gasteiger partial charge >= 0.3 is 0 Å². The molecule has 0 saturated carbocycles. The van der Waals surface area contributed by atoms with Crippen molar-refractivity contribution in [3.05, 3.63) is 29.3 Å². The van der Waals surface area contributed by atoms with Crippen molar-refractivity contribution in [2.45, 2.75) is 20.8 Å². The quantitative estimate of drug-likeness (QED) is 0.671. The fraction of sp³-hybridized carbons (Fsp3) is 0.333. The molecule has 0 aliphatic carbocycles. The van der Waals surface area contributed by atoms with Crippen LogP contribution in [0.3, 0.4) is 0 Å². The molecule has 5 nitrogen and oxygen atoms in total. The minimum atomic E-state index is 0.572. The average molecular weight is 189 g/mol. The molecule has 2 rings (SSSR count). The summed E-state index contributed by atoms with van der Waals surface area (Å²) in [4.78, 5) is 8.53. The molecule has 0 unspecified atom stereocenters. The molecule has 72 valence electrons. The van der Waals surface area contributed by atoms with Gasteiger partial charge in [-0.2, -0.15) is 4.68 Å². The molecular weight excluding hydrogens is 178 g/mol. The predicted octanol–water partition coefficient (Wildman–Crippen LogP) is 0.983.